The summed E-state index contributed by atoms with van der Waals surface area (Å²) in [5.74, 6) is -2.50. The van der Waals surface area contributed by atoms with E-state index in [4.69, 9.17) is 33.2 Å². The first-order valence-electron chi connectivity index (χ1n) is 15.3. The van der Waals surface area contributed by atoms with E-state index in [0.717, 1.165) is 5.56 Å². The first kappa shape index (κ1) is 36.0. The fourth-order valence-corrected chi connectivity index (χ4v) is 6.04. The molecule has 0 amide bonds. The Hall–Kier alpha value is -3.26. The molecule has 5 rings (SSSR count). The zero-order chi connectivity index (χ0) is 34.5. The lowest BCUT2D eigenvalue weighted by Gasteiger charge is -2.44. The first-order valence-corrected chi connectivity index (χ1v) is 15.3. The highest BCUT2D eigenvalue weighted by molar-refractivity contribution is 5.89. The number of methoxy groups -OCH3 is 1. The Morgan fingerprint density at radius 3 is 2.17 bits per heavy atom. The molecule has 16 heteroatoms. The maximum atomic E-state index is 12.3. The predicted octanol–water partition coefficient (Wildman–Crippen LogP) is -2.14. The SMILES string of the molecule is COC(=O)C1=CO[C@@H](O[C@@H]2O[C@H](CO[C@H]3O[C@H](COC(=O)/C=C/c4ccccc4)[C@@H](O)[C@H](O)[C@H]3O)[C@@H](O)[C@H](O)[C@H]2O)[C@H]2C(CO)=CC[C@@H]12. The second kappa shape index (κ2) is 16.0. The molecule has 0 saturated carbocycles. The first-order chi connectivity index (χ1) is 23.0. The highest BCUT2D eigenvalue weighted by Crippen LogP contribution is 2.44. The summed E-state index contributed by atoms with van der Waals surface area (Å²) >= 11 is 0. The second-order valence-corrected chi connectivity index (χ2v) is 11.7. The lowest BCUT2D eigenvalue weighted by Crippen LogP contribution is -2.62. The second-order valence-electron chi connectivity index (χ2n) is 11.7. The van der Waals surface area contributed by atoms with Gasteiger partial charge in [0.2, 0.25) is 6.29 Å². The van der Waals surface area contributed by atoms with E-state index in [2.05, 4.69) is 0 Å². The summed E-state index contributed by atoms with van der Waals surface area (Å²) in [6.07, 6.45) is -11.6. The molecular formula is C32H40O16. The molecule has 0 spiro atoms. The number of carbonyl (C=O) groups excluding carboxylic acids is 2. The molecule has 16 nitrogen and oxygen atoms in total. The zero-order valence-corrected chi connectivity index (χ0v) is 25.8. The number of allylic oxidation sites excluding steroid dienone is 1. The van der Waals surface area contributed by atoms with Crippen LogP contribution in [-0.4, -0.2) is 142 Å². The van der Waals surface area contributed by atoms with Crippen molar-refractivity contribution in [1.82, 2.24) is 0 Å². The maximum absolute atomic E-state index is 12.3. The summed E-state index contributed by atoms with van der Waals surface area (Å²) in [7, 11) is 1.22. The minimum absolute atomic E-state index is 0.226. The number of hydrogen-bond donors (Lipinski definition) is 7. The van der Waals surface area contributed by atoms with Gasteiger partial charge >= 0.3 is 11.9 Å². The van der Waals surface area contributed by atoms with Crippen LogP contribution in [0.5, 0.6) is 0 Å². The fraction of sp³-hybridized carbons (Fsp3) is 0.562. The van der Waals surface area contributed by atoms with Crippen LogP contribution in [0.2, 0.25) is 0 Å². The third-order valence-corrected chi connectivity index (χ3v) is 8.75. The molecule has 1 aromatic rings. The average molecular weight is 681 g/mol. The average Bonchev–Trinajstić information content (AvgIpc) is 3.54. The van der Waals surface area contributed by atoms with Crippen LogP contribution >= 0.6 is 0 Å². The predicted molar refractivity (Wildman–Crippen MR) is 159 cm³/mol. The van der Waals surface area contributed by atoms with Gasteiger partial charge in [-0.2, -0.15) is 0 Å². The van der Waals surface area contributed by atoms with Crippen LogP contribution in [-0.2, 0) is 42.7 Å². The van der Waals surface area contributed by atoms with E-state index < -0.39 is 105 Å². The van der Waals surface area contributed by atoms with Crippen molar-refractivity contribution >= 4 is 18.0 Å². The summed E-state index contributed by atoms with van der Waals surface area (Å²) in [6.45, 7) is -1.45. The molecule has 0 bridgehead atoms. The molecule has 48 heavy (non-hydrogen) atoms. The van der Waals surface area contributed by atoms with Crippen molar-refractivity contribution < 1.29 is 78.5 Å². The van der Waals surface area contributed by atoms with Crippen molar-refractivity contribution in [2.75, 3.05) is 26.9 Å². The number of fused-ring (bicyclic) bond motifs is 1. The molecule has 0 unspecified atom stereocenters. The Balaban J connectivity index is 1.20. The summed E-state index contributed by atoms with van der Waals surface area (Å²) in [5.41, 5.74) is 1.49. The molecule has 3 heterocycles. The molecule has 264 valence electrons. The van der Waals surface area contributed by atoms with Gasteiger partial charge in [-0.25, -0.2) is 9.59 Å². The lowest BCUT2D eigenvalue weighted by molar-refractivity contribution is -0.352. The summed E-state index contributed by atoms with van der Waals surface area (Å²) in [5, 5.41) is 73.2. The number of benzene rings is 1. The standard InChI is InChI=1S/C32H40O16/c1-42-29(41)18-12-44-30(22-16(11-33)8-9-17(18)22)48-32-28(40)26(38)24(36)20(47-32)14-45-31-27(39)25(37)23(35)19(46-31)13-43-21(34)10-7-15-5-3-2-4-6-15/h2-8,10,12,17,19-20,22-28,30-33,35-40H,9,11,13-14H2,1H3/b10-7+/t17-,19+,20+,22-,23+,24+,25-,26-,27+,28+,30-,31-,32-/m0/s1. The van der Waals surface area contributed by atoms with Crippen LogP contribution in [0.4, 0.5) is 0 Å². The van der Waals surface area contributed by atoms with Crippen LogP contribution in [0.15, 0.2) is 59.9 Å². The van der Waals surface area contributed by atoms with Crippen molar-refractivity contribution in [2.45, 2.75) is 74.1 Å². The number of carbonyl (C=O) groups is 2. The molecule has 7 N–H and O–H groups in total. The maximum Gasteiger partial charge on any atom is 0.337 e. The number of rotatable bonds is 11. The largest absolute Gasteiger partial charge is 0.471 e. The molecule has 2 fully saturated rings. The Kier molecular flexibility index (Phi) is 12.0. The van der Waals surface area contributed by atoms with Crippen LogP contribution in [0.25, 0.3) is 6.08 Å². The van der Waals surface area contributed by atoms with Crippen molar-refractivity contribution in [3.63, 3.8) is 0 Å². The number of ether oxygens (including phenoxy) is 7. The highest BCUT2D eigenvalue weighted by atomic mass is 16.8. The Labute approximate surface area is 275 Å². The van der Waals surface area contributed by atoms with E-state index in [0.29, 0.717) is 12.0 Å². The monoisotopic (exact) mass is 680 g/mol. The van der Waals surface area contributed by atoms with Gasteiger partial charge in [0, 0.05) is 12.0 Å². The smallest absolute Gasteiger partial charge is 0.337 e. The summed E-state index contributed by atoms with van der Waals surface area (Å²) < 4.78 is 38.4. The van der Waals surface area contributed by atoms with E-state index in [1.807, 2.05) is 6.07 Å². The molecule has 3 aliphatic heterocycles. The normalized spacial score (nSPS) is 38.0. The molecule has 1 aromatic carbocycles. The molecular weight excluding hydrogens is 640 g/mol. The number of aliphatic hydroxyl groups is 7. The van der Waals surface area contributed by atoms with Crippen LogP contribution in [0.3, 0.4) is 0 Å². The van der Waals surface area contributed by atoms with Gasteiger partial charge in [0.15, 0.2) is 12.6 Å². The third-order valence-electron chi connectivity index (χ3n) is 8.75. The van der Waals surface area contributed by atoms with Gasteiger partial charge in [-0.1, -0.05) is 36.4 Å². The van der Waals surface area contributed by atoms with E-state index >= 15 is 0 Å². The van der Waals surface area contributed by atoms with Gasteiger partial charge in [0.05, 0.1) is 38.1 Å². The third kappa shape index (κ3) is 7.79. The summed E-state index contributed by atoms with van der Waals surface area (Å²) in [6, 6.07) is 8.95. The zero-order valence-electron chi connectivity index (χ0n) is 25.8. The highest BCUT2D eigenvalue weighted by Gasteiger charge is 2.51. The van der Waals surface area contributed by atoms with Gasteiger partial charge in [0.1, 0.15) is 55.4 Å². The van der Waals surface area contributed by atoms with E-state index in [-0.39, 0.29) is 12.2 Å². The van der Waals surface area contributed by atoms with Crippen molar-refractivity contribution in [1.29, 1.82) is 0 Å². The fourth-order valence-electron chi connectivity index (χ4n) is 6.04. The number of hydrogen-bond acceptors (Lipinski definition) is 16. The van der Waals surface area contributed by atoms with Crippen molar-refractivity contribution in [3.05, 3.63) is 65.5 Å². The van der Waals surface area contributed by atoms with E-state index in [1.165, 1.54) is 25.5 Å². The van der Waals surface area contributed by atoms with Gasteiger partial charge in [-0.3, -0.25) is 0 Å². The van der Waals surface area contributed by atoms with Crippen LogP contribution < -0.4 is 0 Å². The van der Waals surface area contributed by atoms with Crippen LogP contribution in [0, 0.1) is 11.8 Å². The quantitative estimate of drug-likeness (QED) is 0.0750. The number of aliphatic hydroxyl groups excluding tert-OH is 7. The van der Waals surface area contributed by atoms with Crippen molar-refractivity contribution in [2.24, 2.45) is 11.8 Å². The Morgan fingerprint density at radius 1 is 0.854 bits per heavy atom. The van der Waals surface area contributed by atoms with Gasteiger partial charge in [-0.15, -0.1) is 0 Å². The van der Waals surface area contributed by atoms with Gasteiger partial charge < -0.3 is 68.9 Å². The molecule has 1 aliphatic carbocycles. The number of esters is 2. The molecule has 0 aromatic heterocycles. The molecule has 2 saturated heterocycles. The minimum atomic E-state index is -1.80. The van der Waals surface area contributed by atoms with Crippen LogP contribution in [0.1, 0.15) is 12.0 Å². The Morgan fingerprint density at radius 2 is 1.50 bits per heavy atom. The van der Waals surface area contributed by atoms with Gasteiger partial charge in [0.25, 0.3) is 0 Å². The molecule has 0 radical (unpaired) electrons. The molecule has 4 aliphatic rings. The minimum Gasteiger partial charge on any atom is -0.471 e. The Bertz CT molecular complexity index is 1350. The van der Waals surface area contributed by atoms with E-state index in [1.54, 1.807) is 30.3 Å². The van der Waals surface area contributed by atoms with Crippen molar-refractivity contribution in [3.8, 4) is 0 Å². The molecule has 13 atom stereocenters. The van der Waals surface area contributed by atoms with Gasteiger partial charge in [-0.05, 0) is 23.6 Å². The van der Waals surface area contributed by atoms with E-state index in [9.17, 15) is 45.3 Å². The lowest BCUT2D eigenvalue weighted by atomic mass is 9.83. The topological polar surface area (TPSA) is 240 Å². The summed E-state index contributed by atoms with van der Waals surface area (Å²) in [4.78, 5) is 24.5.